The second kappa shape index (κ2) is 7.12. The Kier molecular flexibility index (Phi) is 6.10. The van der Waals surface area contributed by atoms with Crippen LogP contribution in [0.2, 0.25) is 5.02 Å². The molecule has 1 atom stereocenters. The Morgan fingerprint density at radius 1 is 1.53 bits per heavy atom. The predicted octanol–water partition coefficient (Wildman–Crippen LogP) is 3.06. The molecule has 1 unspecified atom stereocenters. The monoisotopic (exact) mass is 244 g/mol. The molecule has 0 saturated heterocycles. The Hall–Kier alpha value is -0.220. The van der Waals surface area contributed by atoms with E-state index in [-0.39, 0.29) is 0 Å². The number of nitrogens with one attached hydrogen (secondary N) is 1. The van der Waals surface area contributed by atoms with E-state index in [1.807, 2.05) is 18.2 Å². The molecule has 0 aromatic heterocycles. The summed E-state index contributed by atoms with van der Waals surface area (Å²) in [6.07, 6.45) is 2.25. The van der Waals surface area contributed by atoms with Crippen LogP contribution in [0.3, 0.4) is 0 Å². The van der Waals surface area contributed by atoms with E-state index in [4.69, 9.17) is 17.4 Å². The smallest absolute Gasteiger partial charge is 0.0417 e. The summed E-state index contributed by atoms with van der Waals surface area (Å²) < 4.78 is 0. The lowest BCUT2D eigenvalue weighted by Gasteiger charge is -2.14. The average molecular weight is 245 g/mol. The van der Waals surface area contributed by atoms with Crippen molar-refractivity contribution in [1.82, 2.24) is 5.43 Å². The number of nitrogens with two attached hydrogens (primary N) is 1. The summed E-state index contributed by atoms with van der Waals surface area (Å²) in [5, 5.41) is 0.785. The molecule has 0 aliphatic heterocycles. The molecule has 0 spiro atoms. The van der Waals surface area contributed by atoms with E-state index in [0.29, 0.717) is 6.04 Å². The zero-order valence-corrected chi connectivity index (χ0v) is 10.4. The van der Waals surface area contributed by atoms with Gasteiger partial charge >= 0.3 is 0 Å². The van der Waals surface area contributed by atoms with Gasteiger partial charge in [0.1, 0.15) is 0 Å². The topological polar surface area (TPSA) is 38.0 Å². The first-order valence-corrected chi connectivity index (χ1v) is 6.47. The van der Waals surface area contributed by atoms with Crippen LogP contribution >= 0.6 is 23.4 Å². The molecule has 15 heavy (non-hydrogen) atoms. The molecule has 0 amide bonds. The first-order valence-electron chi connectivity index (χ1n) is 5.10. The quantitative estimate of drug-likeness (QED) is 0.459. The molecule has 4 heteroatoms. The molecule has 0 fully saturated rings. The van der Waals surface area contributed by atoms with Crippen molar-refractivity contribution in [3.63, 3.8) is 0 Å². The van der Waals surface area contributed by atoms with Crippen molar-refractivity contribution in [3.8, 4) is 0 Å². The van der Waals surface area contributed by atoms with E-state index in [2.05, 4.69) is 18.4 Å². The van der Waals surface area contributed by atoms with E-state index >= 15 is 0 Å². The Bertz CT molecular complexity index is 294. The van der Waals surface area contributed by atoms with Crippen molar-refractivity contribution in [2.45, 2.75) is 30.7 Å². The zero-order valence-electron chi connectivity index (χ0n) is 8.87. The highest BCUT2D eigenvalue weighted by Gasteiger charge is 2.05. The largest absolute Gasteiger partial charge is 0.271 e. The molecular formula is C11H17ClN2S. The summed E-state index contributed by atoms with van der Waals surface area (Å²) in [5.74, 6) is 6.44. The number of benzene rings is 1. The van der Waals surface area contributed by atoms with Gasteiger partial charge in [-0.2, -0.15) is 0 Å². The maximum atomic E-state index is 5.90. The van der Waals surface area contributed by atoms with Crippen LogP contribution < -0.4 is 11.3 Å². The minimum Gasteiger partial charge on any atom is -0.271 e. The standard InChI is InChI=1S/C11H17ClN2S/c1-2-4-10(14-13)8-15-11-6-3-5-9(12)7-11/h3,5-7,10,14H,2,4,8,13H2,1H3. The number of rotatable bonds is 6. The highest BCUT2D eigenvalue weighted by molar-refractivity contribution is 7.99. The van der Waals surface area contributed by atoms with Gasteiger partial charge in [0.15, 0.2) is 0 Å². The second-order valence-corrected chi connectivity index (χ2v) is 4.95. The number of thioether (sulfide) groups is 1. The maximum Gasteiger partial charge on any atom is 0.0417 e. The van der Waals surface area contributed by atoms with E-state index in [9.17, 15) is 0 Å². The molecule has 0 radical (unpaired) electrons. The molecule has 1 aromatic carbocycles. The van der Waals surface area contributed by atoms with Crippen molar-refractivity contribution >= 4 is 23.4 Å². The van der Waals surface area contributed by atoms with Gasteiger partial charge in [-0.25, -0.2) is 0 Å². The Balaban J connectivity index is 2.41. The summed E-state index contributed by atoms with van der Waals surface area (Å²) >= 11 is 7.68. The van der Waals surface area contributed by atoms with Crippen LogP contribution in [-0.2, 0) is 0 Å². The van der Waals surface area contributed by atoms with Gasteiger partial charge in [0, 0.05) is 21.7 Å². The Morgan fingerprint density at radius 2 is 2.33 bits per heavy atom. The van der Waals surface area contributed by atoms with Gasteiger partial charge in [0.05, 0.1) is 0 Å². The third-order valence-electron chi connectivity index (χ3n) is 2.12. The van der Waals surface area contributed by atoms with Gasteiger partial charge in [-0.3, -0.25) is 11.3 Å². The molecule has 84 valence electrons. The summed E-state index contributed by atoms with van der Waals surface area (Å²) in [4.78, 5) is 1.19. The SMILES string of the molecule is CCCC(CSc1cccc(Cl)c1)NN. The fraction of sp³-hybridized carbons (Fsp3) is 0.455. The number of hydrogen-bond donors (Lipinski definition) is 2. The maximum absolute atomic E-state index is 5.90. The molecule has 1 aromatic rings. The molecule has 3 N–H and O–H groups in total. The second-order valence-electron chi connectivity index (χ2n) is 3.42. The Morgan fingerprint density at radius 3 is 2.93 bits per heavy atom. The third-order valence-corrected chi connectivity index (χ3v) is 3.51. The summed E-state index contributed by atoms with van der Waals surface area (Å²) in [6, 6.07) is 8.27. The molecule has 0 aliphatic rings. The minimum absolute atomic E-state index is 0.374. The van der Waals surface area contributed by atoms with Crippen LogP contribution in [-0.4, -0.2) is 11.8 Å². The molecule has 0 saturated carbocycles. The lowest BCUT2D eigenvalue weighted by molar-refractivity contribution is 0.532. The van der Waals surface area contributed by atoms with Gasteiger partial charge in [0.2, 0.25) is 0 Å². The van der Waals surface area contributed by atoms with Crippen LogP contribution in [0.25, 0.3) is 0 Å². The van der Waals surface area contributed by atoms with Gasteiger partial charge in [-0.05, 0) is 24.6 Å². The molecule has 0 aliphatic carbocycles. The lowest BCUT2D eigenvalue weighted by Crippen LogP contribution is -2.36. The van der Waals surface area contributed by atoms with Crippen molar-refractivity contribution in [1.29, 1.82) is 0 Å². The van der Waals surface area contributed by atoms with Crippen LogP contribution in [0, 0.1) is 0 Å². The van der Waals surface area contributed by atoms with Gasteiger partial charge < -0.3 is 0 Å². The molecule has 2 nitrogen and oxygen atoms in total. The zero-order chi connectivity index (χ0) is 11.1. The number of hydrazine groups is 1. The van der Waals surface area contributed by atoms with Crippen LogP contribution in [0.1, 0.15) is 19.8 Å². The summed E-state index contributed by atoms with van der Waals surface area (Å²) in [6.45, 7) is 2.16. The molecule has 1 rings (SSSR count). The van der Waals surface area contributed by atoms with Gasteiger partial charge in [-0.15, -0.1) is 11.8 Å². The average Bonchev–Trinajstić information content (AvgIpc) is 2.24. The fourth-order valence-corrected chi connectivity index (χ4v) is 2.61. The number of hydrogen-bond acceptors (Lipinski definition) is 3. The first kappa shape index (κ1) is 12.8. The Labute approximate surface area is 101 Å². The van der Waals surface area contributed by atoms with Crippen LogP contribution in [0.15, 0.2) is 29.2 Å². The van der Waals surface area contributed by atoms with Gasteiger partial charge in [-0.1, -0.05) is 31.0 Å². The van der Waals surface area contributed by atoms with Crippen molar-refractivity contribution < 1.29 is 0 Å². The lowest BCUT2D eigenvalue weighted by atomic mass is 10.2. The fourth-order valence-electron chi connectivity index (χ4n) is 1.32. The summed E-state index contributed by atoms with van der Waals surface area (Å²) in [7, 11) is 0. The normalized spacial score (nSPS) is 12.7. The van der Waals surface area contributed by atoms with E-state index in [1.165, 1.54) is 4.90 Å². The van der Waals surface area contributed by atoms with Gasteiger partial charge in [0.25, 0.3) is 0 Å². The van der Waals surface area contributed by atoms with Crippen LogP contribution in [0.4, 0.5) is 0 Å². The predicted molar refractivity (Wildman–Crippen MR) is 68.2 cm³/mol. The summed E-state index contributed by atoms with van der Waals surface area (Å²) in [5.41, 5.74) is 2.83. The number of halogens is 1. The molecule has 0 heterocycles. The van der Waals surface area contributed by atoms with E-state index < -0.39 is 0 Å². The van der Waals surface area contributed by atoms with Crippen molar-refractivity contribution in [2.75, 3.05) is 5.75 Å². The van der Waals surface area contributed by atoms with E-state index in [1.54, 1.807) is 11.8 Å². The van der Waals surface area contributed by atoms with Crippen LogP contribution in [0.5, 0.6) is 0 Å². The van der Waals surface area contributed by atoms with E-state index in [0.717, 1.165) is 23.6 Å². The van der Waals surface area contributed by atoms with Crippen molar-refractivity contribution in [2.24, 2.45) is 5.84 Å². The minimum atomic E-state index is 0.374. The van der Waals surface area contributed by atoms with Crippen molar-refractivity contribution in [3.05, 3.63) is 29.3 Å². The molecular weight excluding hydrogens is 228 g/mol. The molecule has 0 bridgehead atoms. The third kappa shape index (κ3) is 4.89. The highest BCUT2D eigenvalue weighted by atomic mass is 35.5. The first-order chi connectivity index (χ1) is 7.26. The highest BCUT2D eigenvalue weighted by Crippen LogP contribution is 2.22.